The van der Waals surface area contributed by atoms with Crippen LogP contribution in [-0.2, 0) is 4.79 Å². The second kappa shape index (κ2) is 6.95. The van der Waals surface area contributed by atoms with E-state index in [1.54, 1.807) is 0 Å². The number of para-hydroxylation sites is 1. The molecule has 0 saturated carbocycles. The Labute approximate surface area is 160 Å². The van der Waals surface area contributed by atoms with Crippen molar-refractivity contribution in [3.8, 4) is 0 Å². The average molecular weight is 365 g/mol. The van der Waals surface area contributed by atoms with E-state index in [-0.39, 0.29) is 23.8 Å². The molecule has 3 saturated heterocycles. The number of amides is 2. The zero-order valence-electron chi connectivity index (χ0n) is 16.4. The van der Waals surface area contributed by atoms with Gasteiger partial charge in [-0.2, -0.15) is 0 Å². The van der Waals surface area contributed by atoms with Crippen LogP contribution in [0.4, 0.5) is 0 Å². The molecule has 0 unspecified atom stereocenters. The monoisotopic (exact) mass is 365 g/mol. The number of pyridine rings is 1. The lowest BCUT2D eigenvalue weighted by atomic mass is 9.94. The van der Waals surface area contributed by atoms with Crippen molar-refractivity contribution < 1.29 is 9.59 Å². The molecule has 142 valence electrons. The van der Waals surface area contributed by atoms with Gasteiger partial charge in [-0.15, -0.1) is 0 Å². The van der Waals surface area contributed by atoms with E-state index in [0.717, 1.165) is 48.0 Å². The number of piperidine rings is 1. The van der Waals surface area contributed by atoms with Crippen LogP contribution in [0.2, 0.25) is 0 Å². The zero-order chi connectivity index (χ0) is 19.1. The summed E-state index contributed by atoms with van der Waals surface area (Å²) in [6.45, 7) is 8.01. The maximum absolute atomic E-state index is 13.5. The van der Waals surface area contributed by atoms with Gasteiger partial charge in [0.2, 0.25) is 5.91 Å². The number of aryl methyl sites for hydroxylation is 2. The number of hydrogen-bond acceptors (Lipinski definition) is 3. The molecule has 2 bridgehead atoms. The topological polar surface area (TPSA) is 53.5 Å². The summed E-state index contributed by atoms with van der Waals surface area (Å²) in [5.74, 6) is 0.198. The van der Waals surface area contributed by atoms with Crippen molar-refractivity contribution in [2.75, 3.05) is 19.6 Å². The van der Waals surface area contributed by atoms with E-state index in [9.17, 15) is 9.59 Å². The quantitative estimate of drug-likeness (QED) is 0.838. The summed E-state index contributed by atoms with van der Waals surface area (Å²) in [4.78, 5) is 34.8. The molecule has 5 rings (SSSR count). The number of benzene rings is 1. The Bertz CT molecular complexity index is 908. The van der Waals surface area contributed by atoms with Crippen LogP contribution < -0.4 is 0 Å². The van der Waals surface area contributed by atoms with Crippen molar-refractivity contribution in [3.63, 3.8) is 0 Å². The molecular formula is C22H27N3O2. The Balaban J connectivity index is 1.71. The highest BCUT2D eigenvalue weighted by Gasteiger charge is 2.41. The minimum atomic E-state index is -0.0600. The molecule has 3 aliphatic heterocycles. The zero-order valence-corrected chi connectivity index (χ0v) is 16.4. The van der Waals surface area contributed by atoms with Crippen LogP contribution in [0.5, 0.6) is 0 Å². The summed E-state index contributed by atoms with van der Waals surface area (Å²) in [5.41, 5.74) is 3.52. The minimum Gasteiger partial charge on any atom is -0.338 e. The number of carbonyl (C=O) groups excluding carboxylic acids is 2. The Kier molecular flexibility index (Phi) is 4.62. The van der Waals surface area contributed by atoms with E-state index < -0.39 is 0 Å². The standard InChI is InChI=1S/C22H27N3O2/c1-4-10-25-17-9-8-16(21(25)26)12-24(13-17)22(27)19-11-15(3)23-20-14(2)6-5-7-18(19)20/h5-7,11,16-17H,4,8-10,12-13H2,1-3H3/t16-,17+/m1/s1. The predicted octanol–water partition coefficient (Wildman–Crippen LogP) is 3.32. The van der Waals surface area contributed by atoms with Gasteiger partial charge in [0.15, 0.2) is 0 Å². The van der Waals surface area contributed by atoms with E-state index in [1.807, 2.05) is 47.9 Å². The third kappa shape index (κ3) is 3.09. The highest BCUT2D eigenvalue weighted by Crippen LogP contribution is 2.31. The fourth-order valence-electron chi connectivity index (χ4n) is 4.61. The highest BCUT2D eigenvalue weighted by atomic mass is 16.2. The van der Waals surface area contributed by atoms with Gasteiger partial charge in [0.05, 0.1) is 17.0 Å². The summed E-state index contributed by atoms with van der Waals surface area (Å²) in [6, 6.07) is 8.02. The van der Waals surface area contributed by atoms with Gasteiger partial charge >= 0.3 is 0 Å². The number of fused-ring (bicyclic) bond motifs is 5. The summed E-state index contributed by atoms with van der Waals surface area (Å²) in [7, 11) is 0. The molecule has 0 spiro atoms. The van der Waals surface area contributed by atoms with Gasteiger partial charge < -0.3 is 9.80 Å². The summed E-state index contributed by atoms with van der Waals surface area (Å²) in [6.07, 6.45) is 2.84. The molecule has 5 nitrogen and oxygen atoms in total. The second-order valence-electron chi connectivity index (χ2n) is 7.95. The first kappa shape index (κ1) is 18.0. The van der Waals surface area contributed by atoms with Crippen LogP contribution in [0.15, 0.2) is 24.3 Å². The lowest BCUT2D eigenvalue weighted by Gasteiger charge is -2.35. The Morgan fingerprint density at radius 1 is 1.22 bits per heavy atom. The Hall–Kier alpha value is -2.43. The second-order valence-corrected chi connectivity index (χ2v) is 7.95. The van der Waals surface area contributed by atoms with Crippen molar-refractivity contribution >= 4 is 22.7 Å². The fraction of sp³-hybridized carbons (Fsp3) is 0.500. The Morgan fingerprint density at radius 2 is 2.04 bits per heavy atom. The van der Waals surface area contributed by atoms with Gasteiger partial charge in [0.25, 0.3) is 5.91 Å². The van der Waals surface area contributed by atoms with Gasteiger partial charge in [-0.05, 0) is 44.7 Å². The van der Waals surface area contributed by atoms with E-state index >= 15 is 0 Å². The van der Waals surface area contributed by atoms with E-state index in [0.29, 0.717) is 18.7 Å². The third-order valence-electron chi connectivity index (χ3n) is 5.94. The molecule has 4 heterocycles. The maximum atomic E-state index is 13.5. The van der Waals surface area contributed by atoms with Crippen LogP contribution in [0.1, 0.15) is 47.8 Å². The molecule has 5 heteroatoms. The van der Waals surface area contributed by atoms with E-state index in [1.165, 1.54) is 0 Å². The lowest BCUT2D eigenvalue weighted by Crippen LogP contribution is -2.48. The van der Waals surface area contributed by atoms with Gasteiger partial charge in [0, 0.05) is 36.8 Å². The SMILES string of the molecule is CCCN1C(=O)[C@@H]2CC[C@H]1CN(C(=O)c1cc(C)nc3c(C)cccc13)C2. The molecule has 0 N–H and O–H groups in total. The number of carbonyl (C=O) groups is 2. The predicted molar refractivity (Wildman–Crippen MR) is 106 cm³/mol. The maximum Gasteiger partial charge on any atom is 0.254 e. The lowest BCUT2D eigenvalue weighted by molar-refractivity contribution is -0.139. The van der Waals surface area contributed by atoms with E-state index in [4.69, 9.17) is 0 Å². The van der Waals surface area contributed by atoms with Crippen molar-refractivity contribution in [1.29, 1.82) is 0 Å². The fourth-order valence-corrected chi connectivity index (χ4v) is 4.61. The molecule has 0 radical (unpaired) electrons. The van der Waals surface area contributed by atoms with Crippen molar-refractivity contribution in [1.82, 2.24) is 14.8 Å². The Morgan fingerprint density at radius 3 is 2.81 bits per heavy atom. The largest absolute Gasteiger partial charge is 0.338 e. The molecule has 1 aromatic carbocycles. The summed E-state index contributed by atoms with van der Waals surface area (Å²) < 4.78 is 0. The summed E-state index contributed by atoms with van der Waals surface area (Å²) >= 11 is 0. The highest BCUT2D eigenvalue weighted by molar-refractivity contribution is 6.07. The molecule has 2 amide bonds. The molecule has 3 fully saturated rings. The van der Waals surface area contributed by atoms with Crippen molar-refractivity contribution in [2.24, 2.45) is 5.92 Å². The molecule has 2 atom stereocenters. The molecule has 3 aliphatic rings. The minimum absolute atomic E-state index is 0.0270. The van der Waals surface area contributed by atoms with Crippen LogP contribution >= 0.6 is 0 Å². The number of nitrogens with zero attached hydrogens (tertiary/aromatic N) is 3. The first-order valence-electron chi connectivity index (χ1n) is 9.96. The summed E-state index contributed by atoms with van der Waals surface area (Å²) in [5, 5.41) is 0.902. The van der Waals surface area contributed by atoms with Gasteiger partial charge in [0.1, 0.15) is 0 Å². The number of rotatable bonds is 3. The normalized spacial score (nSPS) is 22.4. The van der Waals surface area contributed by atoms with Crippen molar-refractivity contribution in [2.45, 2.75) is 46.1 Å². The number of aromatic nitrogens is 1. The van der Waals surface area contributed by atoms with E-state index in [2.05, 4.69) is 11.9 Å². The van der Waals surface area contributed by atoms with Gasteiger partial charge in [-0.3, -0.25) is 14.6 Å². The van der Waals surface area contributed by atoms with Crippen molar-refractivity contribution in [3.05, 3.63) is 41.1 Å². The molecule has 27 heavy (non-hydrogen) atoms. The van der Waals surface area contributed by atoms with Crippen LogP contribution in [0.3, 0.4) is 0 Å². The number of hydrogen-bond donors (Lipinski definition) is 0. The average Bonchev–Trinajstić information content (AvgIpc) is 2.94. The van der Waals surface area contributed by atoms with Crippen LogP contribution in [0, 0.1) is 19.8 Å². The smallest absolute Gasteiger partial charge is 0.254 e. The molecule has 2 aromatic rings. The molecule has 0 aliphatic carbocycles. The third-order valence-corrected chi connectivity index (χ3v) is 5.94. The van der Waals surface area contributed by atoms with Gasteiger partial charge in [-0.1, -0.05) is 25.1 Å². The van der Waals surface area contributed by atoms with Crippen LogP contribution in [-0.4, -0.2) is 52.3 Å². The first-order valence-corrected chi connectivity index (χ1v) is 9.96. The first-order chi connectivity index (χ1) is 13.0. The molecule has 1 aromatic heterocycles. The van der Waals surface area contributed by atoms with Gasteiger partial charge in [-0.25, -0.2) is 0 Å². The van der Waals surface area contributed by atoms with Crippen LogP contribution in [0.25, 0.3) is 10.9 Å². The molecular weight excluding hydrogens is 338 g/mol.